The SMILES string of the molecule is CCCCCCCCCCCCCCCCCCCCCCCCCCC[CH]OCCCCCCCCCCCCCCCCCCC. The molecule has 0 bridgehead atoms. The van der Waals surface area contributed by atoms with Crippen LogP contribution >= 0.6 is 0 Å². The first-order valence-corrected chi connectivity index (χ1v) is 23.3. The van der Waals surface area contributed by atoms with Crippen molar-refractivity contribution in [1.29, 1.82) is 0 Å². The summed E-state index contributed by atoms with van der Waals surface area (Å²) in [5.74, 6) is 0. The summed E-state index contributed by atoms with van der Waals surface area (Å²) in [6, 6.07) is 0. The standard InChI is InChI=1S/C47H95O/c1-3-5-7-9-11-13-15-17-19-21-22-23-24-25-26-27-28-29-31-33-35-37-39-41-43-45-47-48-46-44-42-40-38-36-34-32-30-20-18-16-14-12-10-8-6-4-2/h47H,3-46H2,1-2H3. The molecule has 0 aliphatic rings. The molecule has 0 fully saturated rings. The molecule has 0 spiro atoms. The van der Waals surface area contributed by atoms with Gasteiger partial charge in [0.1, 0.15) is 0 Å². The monoisotopic (exact) mass is 676 g/mol. The molecule has 0 aromatic carbocycles. The molecule has 1 radical (unpaired) electrons. The maximum atomic E-state index is 5.79. The lowest BCUT2D eigenvalue weighted by molar-refractivity contribution is 0.183. The van der Waals surface area contributed by atoms with Crippen LogP contribution in [-0.4, -0.2) is 6.61 Å². The number of unbranched alkanes of at least 4 members (excludes halogenated alkanes) is 41. The van der Waals surface area contributed by atoms with E-state index in [1.165, 1.54) is 270 Å². The van der Waals surface area contributed by atoms with Gasteiger partial charge in [0.25, 0.3) is 0 Å². The molecule has 0 aliphatic carbocycles. The van der Waals surface area contributed by atoms with E-state index < -0.39 is 0 Å². The van der Waals surface area contributed by atoms with E-state index in [0.717, 1.165) is 13.0 Å². The predicted molar refractivity (Wildman–Crippen MR) is 220 cm³/mol. The minimum atomic E-state index is 0.943. The largest absolute Gasteiger partial charge is 0.376 e. The fourth-order valence-electron chi connectivity index (χ4n) is 7.44. The van der Waals surface area contributed by atoms with Crippen LogP contribution in [0.4, 0.5) is 0 Å². The van der Waals surface area contributed by atoms with Crippen molar-refractivity contribution in [3.63, 3.8) is 0 Å². The average molecular weight is 676 g/mol. The third kappa shape index (κ3) is 46.0. The van der Waals surface area contributed by atoms with Gasteiger partial charge in [-0.2, -0.15) is 0 Å². The molecule has 0 saturated carbocycles. The third-order valence-electron chi connectivity index (χ3n) is 10.9. The summed E-state index contributed by atoms with van der Waals surface area (Å²) in [5, 5.41) is 0. The Morgan fingerprint density at radius 1 is 0.229 bits per heavy atom. The number of hydrogen-bond acceptors (Lipinski definition) is 1. The van der Waals surface area contributed by atoms with Gasteiger partial charge in [-0.15, -0.1) is 0 Å². The van der Waals surface area contributed by atoms with Crippen LogP contribution in [0.1, 0.15) is 290 Å². The van der Waals surface area contributed by atoms with Crippen LogP contribution < -0.4 is 0 Å². The van der Waals surface area contributed by atoms with Crippen molar-refractivity contribution in [2.24, 2.45) is 0 Å². The summed E-state index contributed by atoms with van der Waals surface area (Å²) < 4.78 is 5.79. The summed E-state index contributed by atoms with van der Waals surface area (Å²) in [6.07, 6.45) is 62.1. The highest BCUT2D eigenvalue weighted by Gasteiger charge is 1.98. The highest BCUT2D eigenvalue weighted by atomic mass is 16.5. The highest BCUT2D eigenvalue weighted by molar-refractivity contribution is 4.55. The van der Waals surface area contributed by atoms with Crippen molar-refractivity contribution in [2.75, 3.05) is 6.61 Å². The smallest absolute Gasteiger partial charge is 0.0836 e. The van der Waals surface area contributed by atoms with Crippen molar-refractivity contribution >= 4 is 0 Å². The Morgan fingerprint density at radius 2 is 0.417 bits per heavy atom. The van der Waals surface area contributed by atoms with Gasteiger partial charge < -0.3 is 4.74 Å². The van der Waals surface area contributed by atoms with E-state index in [1.807, 2.05) is 0 Å². The van der Waals surface area contributed by atoms with E-state index in [2.05, 4.69) is 20.5 Å². The van der Waals surface area contributed by atoms with Crippen LogP contribution in [0, 0.1) is 6.61 Å². The van der Waals surface area contributed by atoms with Gasteiger partial charge in [0.05, 0.1) is 6.61 Å². The molecule has 0 atom stereocenters. The van der Waals surface area contributed by atoms with E-state index >= 15 is 0 Å². The van der Waals surface area contributed by atoms with Gasteiger partial charge in [-0.25, -0.2) is 0 Å². The van der Waals surface area contributed by atoms with Crippen LogP contribution in [0.25, 0.3) is 0 Å². The first-order chi connectivity index (χ1) is 23.9. The van der Waals surface area contributed by atoms with Gasteiger partial charge in [0, 0.05) is 6.61 Å². The van der Waals surface area contributed by atoms with E-state index in [4.69, 9.17) is 4.74 Å². The maximum Gasteiger partial charge on any atom is 0.0836 e. The Bertz CT molecular complexity index is 469. The molecule has 1 nitrogen and oxygen atoms in total. The Morgan fingerprint density at radius 3 is 0.646 bits per heavy atom. The molecule has 0 heterocycles. The lowest BCUT2D eigenvalue weighted by atomic mass is 10.0. The van der Waals surface area contributed by atoms with Crippen LogP contribution in [0.2, 0.25) is 0 Å². The molecular weight excluding hydrogens is 581 g/mol. The van der Waals surface area contributed by atoms with Gasteiger partial charge in [-0.05, 0) is 12.8 Å². The first-order valence-electron chi connectivity index (χ1n) is 23.3. The molecule has 0 aromatic rings. The number of hydrogen-bond donors (Lipinski definition) is 0. The fourth-order valence-corrected chi connectivity index (χ4v) is 7.44. The zero-order valence-corrected chi connectivity index (χ0v) is 34.1. The molecule has 0 N–H and O–H groups in total. The topological polar surface area (TPSA) is 9.23 Å². The molecule has 0 saturated heterocycles. The van der Waals surface area contributed by atoms with Gasteiger partial charge in [-0.3, -0.25) is 0 Å². The quantitative estimate of drug-likeness (QED) is 0.0584. The molecule has 289 valence electrons. The zero-order chi connectivity index (χ0) is 34.5. The Kier molecular flexibility index (Phi) is 46.9. The van der Waals surface area contributed by atoms with Gasteiger partial charge >= 0.3 is 0 Å². The van der Waals surface area contributed by atoms with Crippen molar-refractivity contribution < 1.29 is 4.74 Å². The van der Waals surface area contributed by atoms with E-state index in [9.17, 15) is 0 Å². The van der Waals surface area contributed by atoms with Crippen LogP contribution in [0.15, 0.2) is 0 Å². The molecule has 0 aliphatic heterocycles. The summed E-state index contributed by atoms with van der Waals surface area (Å²) >= 11 is 0. The summed E-state index contributed by atoms with van der Waals surface area (Å²) in [5.41, 5.74) is 0. The van der Waals surface area contributed by atoms with E-state index in [1.54, 1.807) is 0 Å². The van der Waals surface area contributed by atoms with Gasteiger partial charge in [0.2, 0.25) is 0 Å². The van der Waals surface area contributed by atoms with Crippen molar-refractivity contribution in [2.45, 2.75) is 290 Å². The molecular formula is C47H95O. The van der Waals surface area contributed by atoms with Gasteiger partial charge in [0.15, 0.2) is 0 Å². The second-order valence-electron chi connectivity index (χ2n) is 16.0. The van der Waals surface area contributed by atoms with E-state index in [0.29, 0.717) is 0 Å². The third-order valence-corrected chi connectivity index (χ3v) is 10.9. The molecule has 0 unspecified atom stereocenters. The minimum Gasteiger partial charge on any atom is -0.376 e. The summed E-state index contributed by atoms with van der Waals surface area (Å²) in [6.45, 7) is 7.66. The summed E-state index contributed by atoms with van der Waals surface area (Å²) in [7, 11) is 0. The predicted octanol–water partition coefficient (Wildman–Crippen LogP) is 18.0. The van der Waals surface area contributed by atoms with Crippen LogP contribution in [-0.2, 0) is 4.74 Å². The highest BCUT2D eigenvalue weighted by Crippen LogP contribution is 2.17. The average Bonchev–Trinajstić information content (AvgIpc) is 3.10. The normalized spacial score (nSPS) is 11.6. The number of rotatable bonds is 45. The van der Waals surface area contributed by atoms with Crippen molar-refractivity contribution in [1.82, 2.24) is 0 Å². The fraction of sp³-hybridized carbons (Fsp3) is 0.979. The summed E-state index contributed by atoms with van der Waals surface area (Å²) in [4.78, 5) is 0. The lowest BCUT2D eigenvalue weighted by Crippen LogP contribution is -1.92. The first kappa shape index (κ1) is 48.0. The lowest BCUT2D eigenvalue weighted by Gasteiger charge is -2.05. The van der Waals surface area contributed by atoms with Crippen molar-refractivity contribution in [3.8, 4) is 0 Å². The van der Waals surface area contributed by atoms with E-state index in [-0.39, 0.29) is 0 Å². The minimum absolute atomic E-state index is 0.943. The molecule has 48 heavy (non-hydrogen) atoms. The van der Waals surface area contributed by atoms with Crippen molar-refractivity contribution in [3.05, 3.63) is 6.61 Å². The maximum absolute atomic E-state index is 5.79. The second-order valence-corrected chi connectivity index (χ2v) is 16.0. The Hall–Kier alpha value is -0.0400. The van der Waals surface area contributed by atoms with Gasteiger partial charge in [-0.1, -0.05) is 277 Å². The molecule has 1 heteroatoms. The molecule has 0 amide bonds. The second kappa shape index (κ2) is 47.0. The Balaban J connectivity index is 3.04. The Labute approximate surface area is 307 Å². The number of ether oxygens (including phenoxy) is 1. The molecule has 0 aromatic heterocycles. The van der Waals surface area contributed by atoms with Crippen LogP contribution in [0.5, 0.6) is 0 Å². The zero-order valence-electron chi connectivity index (χ0n) is 34.1. The van der Waals surface area contributed by atoms with Crippen LogP contribution in [0.3, 0.4) is 0 Å². The molecule has 0 rings (SSSR count).